The van der Waals surface area contributed by atoms with Gasteiger partial charge in [0.25, 0.3) is 11.8 Å². The fraction of sp³-hybridized carbons (Fsp3) is 0.188. The van der Waals surface area contributed by atoms with Crippen molar-refractivity contribution in [1.29, 1.82) is 0 Å². The molecule has 0 spiro atoms. The molecule has 0 N–H and O–H groups in total. The third-order valence-electron chi connectivity index (χ3n) is 3.84. The highest BCUT2D eigenvalue weighted by atomic mass is 32.1. The highest BCUT2D eigenvalue weighted by molar-refractivity contribution is 7.16. The van der Waals surface area contributed by atoms with Gasteiger partial charge in [-0.3, -0.25) is 19.0 Å². The topological polar surface area (TPSA) is 59.4 Å². The minimum absolute atomic E-state index is 0.0299. The third-order valence-corrected chi connectivity index (χ3v) is 4.78. The average molecular weight is 330 g/mol. The molecule has 5 nitrogen and oxygen atoms in total. The smallest absolute Gasteiger partial charge is 0.287 e. The summed E-state index contributed by atoms with van der Waals surface area (Å²) in [6, 6.07) is 2.47. The molecule has 23 heavy (non-hydrogen) atoms. The Morgan fingerprint density at radius 1 is 1.17 bits per heavy atom. The molecule has 0 saturated carbocycles. The van der Waals surface area contributed by atoms with E-state index in [1.165, 1.54) is 24.5 Å². The first kappa shape index (κ1) is 15.2. The molecule has 116 valence electrons. The summed E-state index contributed by atoms with van der Waals surface area (Å²) in [5, 5.41) is 0. The first-order valence-corrected chi connectivity index (χ1v) is 7.51. The number of terminal acetylenes is 1. The zero-order valence-corrected chi connectivity index (χ0v) is 13.2. The van der Waals surface area contributed by atoms with Gasteiger partial charge in [-0.1, -0.05) is 17.3 Å². The summed E-state index contributed by atoms with van der Waals surface area (Å²) in [6.45, 7) is 3.07. The predicted octanol–water partition coefficient (Wildman–Crippen LogP) is 2.04. The SMILES string of the molecule is C#CCn1c(=O)sc2cc(F)c(N3C(=O)C(C)=C(C)C3=O)cc21. The summed E-state index contributed by atoms with van der Waals surface area (Å²) in [6.07, 6.45) is 5.25. The molecular formula is C16H11FN2O3S. The second kappa shape index (κ2) is 5.18. The molecule has 0 bridgehead atoms. The summed E-state index contributed by atoms with van der Waals surface area (Å²) >= 11 is 0.860. The van der Waals surface area contributed by atoms with E-state index >= 15 is 0 Å². The van der Waals surface area contributed by atoms with Crippen LogP contribution in [0.5, 0.6) is 0 Å². The van der Waals surface area contributed by atoms with Gasteiger partial charge in [0.2, 0.25) is 0 Å². The fourth-order valence-corrected chi connectivity index (χ4v) is 3.35. The van der Waals surface area contributed by atoms with Crippen molar-refractivity contribution in [1.82, 2.24) is 4.57 Å². The standard InChI is InChI=1S/C16H11FN2O3S/c1-4-5-18-12-7-11(10(17)6-13(12)23-16(18)22)19-14(20)8(2)9(3)15(19)21/h1,6-7H,5H2,2-3H3. The molecule has 1 aromatic heterocycles. The number of rotatable bonds is 2. The monoisotopic (exact) mass is 330 g/mol. The summed E-state index contributed by atoms with van der Waals surface area (Å²) in [4.78, 5) is 36.8. The van der Waals surface area contributed by atoms with E-state index in [1.807, 2.05) is 0 Å². The lowest BCUT2D eigenvalue weighted by atomic mass is 10.2. The quantitative estimate of drug-likeness (QED) is 0.625. The van der Waals surface area contributed by atoms with Crippen molar-refractivity contribution < 1.29 is 14.0 Å². The molecule has 0 fully saturated rings. The summed E-state index contributed by atoms with van der Waals surface area (Å²) < 4.78 is 16.1. The van der Waals surface area contributed by atoms with Gasteiger partial charge < -0.3 is 0 Å². The van der Waals surface area contributed by atoms with Crippen molar-refractivity contribution in [2.45, 2.75) is 20.4 Å². The minimum atomic E-state index is -0.740. The lowest BCUT2D eigenvalue weighted by molar-refractivity contribution is -0.120. The van der Waals surface area contributed by atoms with Crippen molar-refractivity contribution in [3.63, 3.8) is 0 Å². The van der Waals surface area contributed by atoms with Gasteiger partial charge in [-0.05, 0) is 26.0 Å². The van der Waals surface area contributed by atoms with Crippen LogP contribution in [-0.4, -0.2) is 16.4 Å². The first-order chi connectivity index (χ1) is 10.9. The lowest BCUT2D eigenvalue weighted by Gasteiger charge is -2.16. The molecule has 0 saturated heterocycles. The molecule has 7 heteroatoms. The summed E-state index contributed by atoms with van der Waals surface area (Å²) in [5.41, 5.74) is 0.783. The number of imide groups is 1. The number of hydrogen-bond acceptors (Lipinski definition) is 4. The zero-order chi connectivity index (χ0) is 16.9. The van der Waals surface area contributed by atoms with E-state index in [0.29, 0.717) is 10.2 Å². The average Bonchev–Trinajstić information content (AvgIpc) is 2.90. The Hall–Kier alpha value is -2.72. The molecule has 1 aromatic carbocycles. The molecule has 0 radical (unpaired) electrons. The predicted molar refractivity (Wildman–Crippen MR) is 85.7 cm³/mol. The number of nitrogens with zero attached hydrogens (tertiary/aromatic N) is 2. The Morgan fingerprint density at radius 3 is 2.35 bits per heavy atom. The van der Waals surface area contributed by atoms with Crippen molar-refractivity contribution >= 4 is 39.1 Å². The zero-order valence-electron chi connectivity index (χ0n) is 12.3. The lowest BCUT2D eigenvalue weighted by Crippen LogP contribution is -2.32. The van der Waals surface area contributed by atoms with Gasteiger partial charge in [-0.15, -0.1) is 6.42 Å². The number of amides is 2. The normalized spacial score (nSPS) is 15.0. The maximum atomic E-state index is 14.4. The number of aromatic nitrogens is 1. The van der Waals surface area contributed by atoms with Crippen LogP contribution in [-0.2, 0) is 16.1 Å². The third kappa shape index (κ3) is 2.11. The Kier molecular flexibility index (Phi) is 3.42. The van der Waals surface area contributed by atoms with Crippen LogP contribution in [0.25, 0.3) is 10.2 Å². The van der Waals surface area contributed by atoms with Crippen molar-refractivity contribution in [3.05, 3.63) is 38.8 Å². The second-order valence-corrected chi connectivity index (χ2v) is 6.12. The number of carbonyl (C=O) groups excluding carboxylic acids is 2. The number of carbonyl (C=O) groups is 2. The largest absolute Gasteiger partial charge is 0.309 e. The maximum absolute atomic E-state index is 14.4. The highest BCUT2D eigenvalue weighted by Gasteiger charge is 2.36. The number of fused-ring (bicyclic) bond motifs is 1. The number of thiazole rings is 1. The molecule has 2 amide bonds. The number of benzene rings is 1. The molecule has 0 unspecified atom stereocenters. The van der Waals surface area contributed by atoms with Gasteiger partial charge in [-0.2, -0.15) is 0 Å². The van der Waals surface area contributed by atoms with Gasteiger partial charge in [0.05, 0.1) is 22.4 Å². The van der Waals surface area contributed by atoms with Crippen LogP contribution >= 0.6 is 11.3 Å². The Morgan fingerprint density at radius 2 is 1.78 bits per heavy atom. The Balaban J connectivity index is 2.24. The number of hydrogen-bond donors (Lipinski definition) is 0. The Labute approximate surface area is 134 Å². The van der Waals surface area contributed by atoms with Gasteiger partial charge >= 0.3 is 4.87 Å². The van der Waals surface area contributed by atoms with E-state index in [1.54, 1.807) is 0 Å². The van der Waals surface area contributed by atoms with E-state index in [9.17, 15) is 18.8 Å². The molecular weight excluding hydrogens is 319 g/mol. The van der Waals surface area contributed by atoms with E-state index in [-0.39, 0.29) is 28.3 Å². The molecule has 3 rings (SSSR count). The second-order valence-electron chi connectivity index (χ2n) is 5.13. The van der Waals surface area contributed by atoms with Crippen LogP contribution in [0.15, 0.2) is 28.1 Å². The highest BCUT2D eigenvalue weighted by Crippen LogP contribution is 2.32. The fourth-order valence-electron chi connectivity index (χ4n) is 2.45. The van der Waals surface area contributed by atoms with Crippen molar-refractivity contribution in [2.24, 2.45) is 0 Å². The summed E-state index contributed by atoms with van der Waals surface area (Å²) in [5.74, 6) is 0.492. The van der Waals surface area contributed by atoms with Crippen LogP contribution in [0.4, 0.5) is 10.1 Å². The van der Waals surface area contributed by atoms with Crippen LogP contribution in [0.2, 0.25) is 0 Å². The minimum Gasteiger partial charge on any atom is -0.287 e. The molecule has 2 aromatic rings. The van der Waals surface area contributed by atoms with Crippen LogP contribution < -0.4 is 9.77 Å². The number of anilines is 1. The van der Waals surface area contributed by atoms with Crippen LogP contribution in [0.1, 0.15) is 13.8 Å². The van der Waals surface area contributed by atoms with Gasteiger partial charge in [0, 0.05) is 11.1 Å². The Bertz CT molecular complexity index is 983. The molecule has 2 heterocycles. The van der Waals surface area contributed by atoms with E-state index in [4.69, 9.17) is 6.42 Å². The molecule has 0 atom stereocenters. The molecule has 0 aliphatic carbocycles. The summed E-state index contributed by atoms with van der Waals surface area (Å²) in [7, 11) is 0. The molecule has 1 aliphatic rings. The number of halogens is 1. The van der Waals surface area contributed by atoms with Gasteiger partial charge in [-0.25, -0.2) is 9.29 Å². The molecule has 1 aliphatic heterocycles. The van der Waals surface area contributed by atoms with E-state index < -0.39 is 17.6 Å². The first-order valence-electron chi connectivity index (χ1n) is 6.69. The van der Waals surface area contributed by atoms with Crippen LogP contribution in [0, 0.1) is 18.2 Å². The van der Waals surface area contributed by atoms with E-state index in [0.717, 1.165) is 22.3 Å². The van der Waals surface area contributed by atoms with Crippen molar-refractivity contribution in [2.75, 3.05) is 4.90 Å². The van der Waals surface area contributed by atoms with Gasteiger partial charge in [0.15, 0.2) is 0 Å². The van der Waals surface area contributed by atoms with Gasteiger partial charge in [0.1, 0.15) is 5.82 Å². The van der Waals surface area contributed by atoms with Crippen molar-refractivity contribution in [3.8, 4) is 12.3 Å². The maximum Gasteiger partial charge on any atom is 0.309 e. The van der Waals surface area contributed by atoms with E-state index in [2.05, 4.69) is 5.92 Å². The van der Waals surface area contributed by atoms with Crippen LogP contribution in [0.3, 0.4) is 0 Å².